The van der Waals surface area contributed by atoms with E-state index in [1.54, 1.807) is 0 Å². The van der Waals surface area contributed by atoms with Gasteiger partial charge in [-0.3, -0.25) is 0 Å². The molecule has 1 aliphatic rings. The molecule has 1 aromatic carbocycles. The van der Waals surface area contributed by atoms with Crippen LogP contribution in [0.3, 0.4) is 0 Å². The van der Waals surface area contributed by atoms with E-state index in [4.69, 9.17) is 9.47 Å². The van der Waals surface area contributed by atoms with Gasteiger partial charge in [-0.05, 0) is 43.2 Å². The summed E-state index contributed by atoms with van der Waals surface area (Å²) in [5.41, 5.74) is 0.182. The van der Waals surface area contributed by atoms with Gasteiger partial charge in [-0.25, -0.2) is 9.18 Å². The lowest BCUT2D eigenvalue weighted by molar-refractivity contribution is 0.0675. The van der Waals surface area contributed by atoms with Crippen LogP contribution < -0.4 is 9.47 Å². The van der Waals surface area contributed by atoms with Crippen LogP contribution in [0, 0.1) is 11.2 Å². The van der Waals surface area contributed by atoms with Crippen molar-refractivity contribution in [2.24, 2.45) is 5.41 Å². The lowest BCUT2D eigenvalue weighted by atomic mass is 9.76. The molecular formula is C18H21FO4S. The van der Waals surface area contributed by atoms with Crippen molar-refractivity contribution in [1.29, 1.82) is 0 Å². The summed E-state index contributed by atoms with van der Waals surface area (Å²) >= 11 is 1.03. The number of hydrogen-bond donors (Lipinski definition) is 1. The standard InChI is InChI=1S/C18H21FO4S/c1-18(2)6-4-5-10(9-18)23-15-11-7-13(22-3)12(19)8-14(11)24-16(15)17(20)21/h7-8,10H,4-6,9H2,1-3H3,(H,20,21). The van der Waals surface area contributed by atoms with Crippen molar-refractivity contribution in [2.45, 2.75) is 45.6 Å². The Morgan fingerprint density at radius 3 is 2.79 bits per heavy atom. The molecule has 2 aromatic rings. The van der Waals surface area contributed by atoms with E-state index in [0.29, 0.717) is 15.8 Å². The largest absolute Gasteiger partial charge is 0.494 e. The van der Waals surface area contributed by atoms with Gasteiger partial charge in [0.05, 0.1) is 13.2 Å². The van der Waals surface area contributed by atoms with Gasteiger partial charge in [0.1, 0.15) is 0 Å². The van der Waals surface area contributed by atoms with Gasteiger partial charge in [0.15, 0.2) is 22.2 Å². The highest BCUT2D eigenvalue weighted by Crippen LogP contribution is 2.43. The number of aromatic carboxylic acids is 1. The zero-order valence-electron chi connectivity index (χ0n) is 14.0. The number of thiophene rings is 1. The number of hydrogen-bond acceptors (Lipinski definition) is 4. The molecule has 0 aliphatic heterocycles. The fraction of sp³-hybridized carbons (Fsp3) is 0.500. The molecule has 4 nitrogen and oxygen atoms in total. The summed E-state index contributed by atoms with van der Waals surface area (Å²) in [5.74, 6) is -1.14. The SMILES string of the molecule is COc1cc2c(OC3CCCC(C)(C)C3)c(C(=O)O)sc2cc1F. The first-order valence-corrected chi connectivity index (χ1v) is 8.82. The third kappa shape index (κ3) is 3.20. The summed E-state index contributed by atoms with van der Waals surface area (Å²) in [6.45, 7) is 4.40. The number of ether oxygens (including phenoxy) is 2. The minimum Gasteiger partial charge on any atom is -0.494 e. The lowest BCUT2D eigenvalue weighted by Gasteiger charge is -2.35. The third-order valence-electron chi connectivity index (χ3n) is 4.56. The molecule has 1 N–H and O–H groups in total. The minimum absolute atomic E-state index is 0.0271. The van der Waals surface area contributed by atoms with Crippen molar-refractivity contribution in [2.75, 3.05) is 7.11 Å². The van der Waals surface area contributed by atoms with E-state index in [2.05, 4.69) is 13.8 Å². The average Bonchev–Trinajstić information content (AvgIpc) is 2.83. The van der Waals surface area contributed by atoms with Crippen molar-refractivity contribution in [1.82, 2.24) is 0 Å². The van der Waals surface area contributed by atoms with Crippen LogP contribution in [0.25, 0.3) is 10.1 Å². The molecule has 0 amide bonds. The lowest BCUT2D eigenvalue weighted by Crippen LogP contribution is -2.30. The summed E-state index contributed by atoms with van der Waals surface area (Å²) in [5, 5.41) is 10.1. The second-order valence-electron chi connectivity index (χ2n) is 7.05. The predicted octanol–water partition coefficient (Wildman–Crippen LogP) is 5.09. The van der Waals surface area contributed by atoms with E-state index >= 15 is 0 Å². The molecule has 1 aromatic heterocycles. The topological polar surface area (TPSA) is 55.8 Å². The molecule has 1 aliphatic carbocycles. The summed E-state index contributed by atoms with van der Waals surface area (Å²) in [6, 6.07) is 2.83. The summed E-state index contributed by atoms with van der Waals surface area (Å²) in [7, 11) is 1.39. The van der Waals surface area contributed by atoms with Gasteiger partial charge in [-0.2, -0.15) is 0 Å². The Balaban J connectivity index is 2.04. The van der Waals surface area contributed by atoms with Crippen LogP contribution in [0.15, 0.2) is 12.1 Å². The van der Waals surface area contributed by atoms with Crippen molar-refractivity contribution < 1.29 is 23.8 Å². The first kappa shape index (κ1) is 17.0. The second kappa shape index (κ2) is 6.24. The molecule has 0 radical (unpaired) electrons. The van der Waals surface area contributed by atoms with Crippen molar-refractivity contribution in [3.63, 3.8) is 0 Å². The van der Waals surface area contributed by atoms with Crippen LogP contribution in [-0.4, -0.2) is 24.3 Å². The Labute approximate surface area is 144 Å². The highest BCUT2D eigenvalue weighted by molar-refractivity contribution is 7.21. The molecule has 1 saturated carbocycles. The highest BCUT2D eigenvalue weighted by atomic mass is 32.1. The van der Waals surface area contributed by atoms with Crippen LogP contribution in [0.2, 0.25) is 0 Å². The maximum atomic E-state index is 13.9. The Bertz CT molecular complexity index is 781. The van der Waals surface area contributed by atoms with Crippen LogP contribution >= 0.6 is 11.3 Å². The van der Waals surface area contributed by atoms with E-state index in [1.165, 1.54) is 19.2 Å². The Kier molecular flexibility index (Phi) is 4.42. The molecule has 3 rings (SSSR count). The molecule has 0 spiro atoms. The number of carbonyl (C=O) groups is 1. The minimum atomic E-state index is -1.05. The molecule has 1 fully saturated rings. The number of fused-ring (bicyclic) bond motifs is 1. The Morgan fingerprint density at radius 1 is 1.42 bits per heavy atom. The van der Waals surface area contributed by atoms with Gasteiger partial charge in [-0.15, -0.1) is 11.3 Å². The predicted molar refractivity (Wildman–Crippen MR) is 92.0 cm³/mol. The van der Waals surface area contributed by atoms with Crippen LogP contribution in [-0.2, 0) is 0 Å². The first-order valence-electron chi connectivity index (χ1n) is 8.01. The van der Waals surface area contributed by atoms with Gasteiger partial charge in [0.25, 0.3) is 0 Å². The highest BCUT2D eigenvalue weighted by Gasteiger charge is 2.31. The van der Waals surface area contributed by atoms with Gasteiger partial charge in [0, 0.05) is 10.1 Å². The monoisotopic (exact) mass is 352 g/mol. The van der Waals surface area contributed by atoms with Crippen molar-refractivity contribution >= 4 is 27.4 Å². The maximum Gasteiger partial charge on any atom is 0.349 e. The molecule has 130 valence electrons. The van der Waals surface area contributed by atoms with E-state index < -0.39 is 11.8 Å². The molecule has 0 bridgehead atoms. The van der Waals surface area contributed by atoms with Crippen molar-refractivity contribution in [3.05, 3.63) is 22.8 Å². The van der Waals surface area contributed by atoms with Crippen LogP contribution in [0.1, 0.15) is 49.2 Å². The van der Waals surface area contributed by atoms with Gasteiger partial charge in [0.2, 0.25) is 0 Å². The normalized spacial score (nSPS) is 20.1. The van der Waals surface area contributed by atoms with E-state index in [0.717, 1.165) is 37.0 Å². The van der Waals surface area contributed by atoms with Gasteiger partial charge >= 0.3 is 5.97 Å². The molecule has 24 heavy (non-hydrogen) atoms. The molecule has 1 atom stereocenters. The molecule has 1 unspecified atom stereocenters. The quantitative estimate of drug-likeness (QED) is 0.832. The molecular weight excluding hydrogens is 331 g/mol. The molecule has 6 heteroatoms. The smallest absolute Gasteiger partial charge is 0.349 e. The fourth-order valence-corrected chi connectivity index (χ4v) is 4.37. The van der Waals surface area contributed by atoms with Gasteiger partial charge < -0.3 is 14.6 Å². The second-order valence-corrected chi connectivity index (χ2v) is 8.10. The zero-order valence-corrected chi connectivity index (χ0v) is 14.8. The maximum absolute atomic E-state index is 13.9. The average molecular weight is 352 g/mol. The van der Waals surface area contributed by atoms with Crippen molar-refractivity contribution in [3.8, 4) is 11.5 Å². The Morgan fingerprint density at radius 2 is 2.17 bits per heavy atom. The number of halogens is 1. The Hall–Kier alpha value is -1.82. The molecule has 1 heterocycles. The van der Waals surface area contributed by atoms with Crippen LogP contribution in [0.5, 0.6) is 11.5 Å². The third-order valence-corrected chi connectivity index (χ3v) is 5.68. The number of carboxylic acid groups (broad SMARTS) is 1. The van der Waals surface area contributed by atoms with E-state index in [1.807, 2.05) is 0 Å². The van der Waals surface area contributed by atoms with E-state index in [-0.39, 0.29) is 22.1 Å². The fourth-order valence-electron chi connectivity index (χ4n) is 3.39. The summed E-state index contributed by atoms with van der Waals surface area (Å²) in [6.07, 6.45) is 3.95. The number of methoxy groups -OCH3 is 1. The van der Waals surface area contributed by atoms with Crippen LogP contribution in [0.4, 0.5) is 4.39 Å². The number of benzene rings is 1. The van der Waals surface area contributed by atoms with E-state index in [9.17, 15) is 14.3 Å². The number of carboxylic acids is 1. The summed E-state index contributed by atoms with van der Waals surface area (Å²) in [4.78, 5) is 11.7. The number of rotatable bonds is 4. The zero-order chi connectivity index (χ0) is 17.5. The summed E-state index contributed by atoms with van der Waals surface area (Å²) < 4.78 is 25.6. The first-order chi connectivity index (χ1) is 11.3. The molecule has 0 saturated heterocycles. The van der Waals surface area contributed by atoms with Gasteiger partial charge in [-0.1, -0.05) is 13.8 Å².